The van der Waals surface area contributed by atoms with E-state index in [4.69, 9.17) is 4.74 Å². The van der Waals surface area contributed by atoms with Crippen molar-refractivity contribution in [2.24, 2.45) is 5.41 Å². The summed E-state index contributed by atoms with van der Waals surface area (Å²) in [6, 6.07) is 6.10. The highest BCUT2D eigenvalue weighted by Crippen LogP contribution is 2.33. The molecule has 0 radical (unpaired) electrons. The lowest BCUT2D eigenvalue weighted by Gasteiger charge is -2.20. The van der Waals surface area contributed by atoms with Gasteiger partial charge in [-0.1, -0.05) is 12.1 Å². The molecular formula is C16H21NO6S. The summed E-state index contributed by atoms with van der Waals surface area (Å²) in [5.41, 5.74) is -0.537. The van der Waals surface area contributed by atoms with Gasteiger partial charge in [-0.15, -0.1) is 0 Å². The molecule has 1 aliphatic rings. The molecule has 1 aromatic rings. The van der Waals surface area contributed by atoms with Crippen LogP contribution in [0.2, 0.25) is 0 Å². The summed E-state index contributed by atoms with van der Waals surface area (Å²) in [6.45, 7) is 3.60. The van der Waals surface area contributed by atoms with Crippen molar-refractivity contribution >= 4 is 22.0 Å². The number of esters is 1. The van der Waals surface area contributed by atoms with Crippen LogP contribution in [0.15, 0.2) is 29.2 Å². The summed E-state index contributed by atoms with van der Waals surface area (Å²) in [5.74, 6) is -1.43. The van der Waals surface area contributed by atoms with Gasteiger partial charge in [0.05, 0.1) is 23.3 Å². The van der Waals surface area contributed by atoms with Crippen LogP contribution in [0.5, 0.6) is 0 Å². The van der Waals surface area contributed by atoms with Gasteiger partial charge in [0.25, 0.3) is 0 Å². The smallest absolute Gasteiger partial charge is 0.310 e. The second-order valence-electron chi connectivity index (χ2n) is 6.08. The van der Waals surface area contributed by atoms with E-state index in [9.17, 15) is 23.1 Å². The van der Waals surface area contributed by atoms with Gasteiger partial charge < -0.3 is 9.84 Å². The van der Waals surface area contributed by atoms with Crippen LogP contribution in [0.4, 0.5) is 0 Å². The maximum atomic E-state index is 12.7. The normalized spacial score (nSPS) is 21.6. The number of carbonyl (C=O) groups is 2. The fraction of sp³-hybridized carbons (Fsp3) is 0.500. The van der Waals surface area contributed by atoms with Crippen LogP contribution in [-0.4, -0.2) is 49.5 Å². The summed E-state index contributed by atoms with van der Waals surface area (Å²) < 4.78 is 31.5. The number of carbonyl (C=O) groups excluding carboxylic acids is 1. The average Bonchev–Trinajstić information content (AvgIpc) is 2.92. The van der Waals surface area contributed by atoms with Crippen LogP contribution in [0.3, 0.4) is 0 Å². The van der Waals surface area contributed by atoms with E-state index in [1.165, 1.54) is 16.4 Å². The minimum absolute atomic E-state index is 0.00988. The molecule has 2 rings (SSSR count). The molecule has 1 N–H and O–H groups in total. The van der Waals surface area contributed by atoms with Gasteiger partial charge in [0, 0.05) is 13.1 Å². The van der Waals surface area contributed by atoms with Crippen LogP contribution in [0.25, 0.3) is 0 Å². The van der Waals surface area contributed by atoms with Gasteiger partial charge in [0.15, 0.2) is 0 Å². The van der Waals surface area contributed by atoms with Gasteiger partial charge in [-0.3, -0.25) is 9.59 Å². The Bertz CT molecular complexity index is 745. The van der Waals surface area contributed by atoms with Crippen molar-refractivity contribution in [3.63, 3.8) is 0 Å². The largest absolute Gasteiger partial charge is 0.481 e. The molecule has 0 amide bonds. The Labute approximate surface area is 141 Å². The van der Waals surface area contributed by atoms with E-state index in [2.05, 4.69) is 0 Å². The molecule has 7 nitrogen and oxygen atoms in total. The number of nitrogens with zero attached hydrogens (tertiary/aromatic N) is 1. The van der Waals surface area contributed by atoms with Crippen LogP contribution < -0.4 is 0 Å². The molecule has 0 bridgehead atoms. The molecule has 0 saturated carbocycles. The van der Waals surface area contributed by atoms with Crippen molar-refractivity contribution < 1.29 is 27.9 Å². The molecule has 1 atom stereocenters. The van der Waals surface area contributed by atoms with Crippen molar-refractivity contribution in [3.8, 4) is 0 Å². The predicted molar refractivity (Wildman–Crippen MR) is 85.9 cm³/mol. The van der Waals surface area contributed by atoms with Gasteiger partial charge in [0.2, 0.25) is 10.0 Å². The number of aliphatic carboxylic acids is 1. The third kappa shape index (κ3) is 3.76. The molecule has 24 heavy (non-hydrogen) atoms. The number of hydrogen-bond donors (Lipinski definition) is 1. The zero-order chi connectivity index (χ0) is 18.0. The third-order valence-corrected chi connectivity index (χ3v) is 5.99. The lowest BCUT2D eigenvalue weighted by atomic mass is 9.90. The maximum Gasteiger partial charge on any atom is 0.310 e. The molecule has 8 heteroatoms. The van der Waals surface area contributed by atoms with Crippen LogP contribution in [0.1, 0.15) is 25.8 Å². The topological polar surface area (TPSA) is 101 Å². The first-order chi connectivity index (χ1) is 11.2. The molecule has 1 heterocycles. The minimum Gasteiger partial charge on any atom is -0.481 e. The average molecular weight is 355 g/mol. The Balaban J connectivity index is 2.21. The fourth-order valence-electron chi connectivity index (χ4n) is 2.64. The zero-order valence-electron chi connectivity index (χ0n) is 13.7. The van der Waals surface area contributed by atoms with E-state index in [1.54, 1.807) is 26.0 Å². The van der Waals surface area contributed by atoms with Crippen molar-refractivity contribution in [2.75, 3.05) is 19.7 Å². The second-order valence-corrected chi connectivity index (χ2v) is 8.02. The molecule has 0 spiro atoms. The third-order valence-electron chi connectivity index (χ3n) is 4.14. The van der Waals surface area contributed by atoms with Gasteiger partial charge >= 0.3 is 11.9 Å². The van der Waals surface area contributed by atoms with Gasteiger partial charge in [-0.25, -0.2) is 8.42 Å². The summed E-state index contributed by atoms with van der Waals surface area (Å²) in [6.07, 6.45) is 0.258. The first-order valence-corrected chi connectivity index (χ1v) is 9.11. The van der Waals surface area contributed by atoms with E-state index in [0.717, 1.165) is 0 Å². The summed E-state index contributed by atoms with van der Waals surface area (Å²) in [7, 11) is -3.80. The minimum atomic E-state index is -3.80. The molecule has 1 saturated heterocycles. The fourth-order valence-corrected chi connectivity index (χ4v) is 4.28. The molecule has 1 aliphatic heterocycles. The Morgan fingerprint density at radius 2 is 2.08 bits per heavy atom. The molecule has 1 aromatic carbocycles. The number of rotatable bonds is 6. The molecule has 1 unspecified atom stereocenters. The highest BCUT2D eigenvalue weighted by atomic mass is 32.2. The first kappa shape index (κ1) is 18.4. The van der Waals surface area contributed by atoms with Crippen LogP contribution in [0, 0.1) is 5.41 Å². The van der Waals surface area contributed by atoms with E-state index in [1.807, 2.05) is 0 Å². The molecular weight excluding hydrogens is 334 g/mol. The second kappa shape index (κ2) is 6.90. The number of benzene rings is 1. The number of carboxylic acid groups (broad SMARTS) is 1. The van der Waals surface area contributed by atoms with Crippen molar-refractivity contribution in [2.45, 2.75) is 31.6 Å². The highest BCUT2D eigenvalue weighted by molar-refractivity contribution is 7.89. The Kier molecular flexibility index (Phi) is 5.29. The van der Waals surface area contributed by atoms with E-state index >= 15 is 0 Å². The SMILES string of the molecule is CCOC(=O)Cc1cccc(S(=O)(=O)N2CCC(C)(C(=O)O)C2)c1. The quantitative estimate of drug-likeness (QED) is 0.772. The lowest BCUT2D eigenvalue weighted by Crippen LogP contribution is -2.34. The Hall–Kier alpha value is -1.93. The Morgan fingerprint density at radius 3 is 2.67 bits per heavy atom. The molecule has 0 aromatic heterocycles. The summed E-state index contributed by atoms with van der Waals surface area (Å²) >= 11 is 0. The maximum absolute atomic E-state index is 12.7. The zero-order valence-corrected chi connectivity index (χ0v) is 14.5. The number of carboxylic acids is 1. The monoisotopic (exact) mass is 355 g/mol. The van der Waals surface area contributed by atoms with Gasteiger partial charge in [-0.2, -0.15) is 4.31 Å². The van der Waals surface area contributed by atoms with E-state index in [-0.39, 0.29) is 37.4 Å². The standard InChI is InChI=1S/C16H21NO6S/c1-3-23-14(18)10-12-5-4-6-13(9-12)24(21,22)17-8-7-16(2,11-17)15(19)20/h4-6,9H,3,7-8,10-11H2,1-2H3,(H,19,20). The van der Waals surface area contributed by atoms with Gasteiger partial charge in [-0.05, 0) is 38.0 Å². The first-order valence-electron chi connectivity index (χ1n) is 7.67. The Morgan fingerprint density at radius 1 is 1.38 bits per heavy atom. The van der Waals surface area contributed by atoms with E-state index < -0.39 is 27.4 Å². The lowest BCUT2D eigenvalue weighted by molar-refractivity contribution is -0.147. The van der Waals surface area contributed by atoms with Crippen molar-refractivity contribution in [1.29, 1.82) is 0 Å². The number of sulfonamides is 1. The van der Waals surface area contributed by atoms with Crippen LogP contribution >= 0.6 is 0 Å². The van der Waals surface area contributed by atoms with E-state index in [0.29, 0.717) is 5.56 Å². The molecule has 0 aliphatic carbocycles. The number of ether oxygens (including phenoxy) is 1. The van der Waals surface area contributed by atoms with Crippen LogP contribution in [-0.2, 0) is 30.8 Å². The number of hydrogen-bond acceptors (Lipinski definition) is 5. The highest BCUT2D eigenvalue weighted by Gasteiger charge is 2.44. The van der Waals surface area contributed by atoms with Gasteiger partial charge in [0.1, 0.15) is 0 Å². The summed E-state index contributed by atoms with van der Waals surface area (Å²) in [4.78, 5) is 22.9. The molecule has 1 fully saturated rings. The van der Waals surface area contributed by atoms with Crippen molar-refractivity contribution in [1.82, 2.24) is 4.31 Å². The predicted octanol–water partition coefficient (Wildman–Crippen LogP) is 1.28. The van der Waals surface area contributed by atoms with Crippen molar-refractivity contribution in [3.05, 3.63) is 29.8 Å². The molecule has 132 valence electrons. The summed E-state index contributed by atoms with van der Waals surface area (Å²) in [5, 5.41) is 9.25.